The summed E-state index contributed by atoms with van der Waals surface area (Å²) in [7, 11) is 0. The number of fused-ring (bicyclic) bond motifs is 1. The summed E-state index contributed by atoms with van der Waals surface area (Å²) in [4.78, 5) is 4.68. The molecule has 2 atom stereocenters. The number of aryl methyl sites for hydroxylation is 1. The van der Waals surface area contributed by atoms with E-state index in [-0.39, 0.29) is 6.10 Å². The largest absolute Gasteiger partial charge is 0.376 e. The maximum atomic E-state index is 6.05. The highest BCUT2D eigenvalue weighted by Crippen LogP contribution is 2.32. The number of imidazole rings is 1. The first-order valence-corrected chi connectivity index (χ1v) is 7.46. The molecule has 3 rings (SSSR count). The summed E-state index contributed by atoms with van der Waals surface area (Å²) in [6.07, 6.45) is 1.99. The minimum atomic E-state index is 0.210. The Kier molecular flexibility index (Phi) is 3.70. The molecule has 0 N–H and O–H groups in total. The van der Waals surface area contributed by atoms with Gasteiger partial charge in [-0.25, -0.2) is 4.98 Å². The van der Waals surface area contributed by atoms with Crippen LogP contribution in [-0.2, 0) is 11.2 Å². The average Bonchev–Trinajstić information content (AvgIpc) is 2.92. The Bertz CT molecular complexity index is 596. The van der Waals surface area contributed by atoms with E-state index in [4.69, 9.17) is 27.9 Å². The standard InChI is InChI=1S/C14H16Cl2N2O/c1-9-12(5-7-19-9)18-13-3-2-10(16)8-11(13)17-14(18)4-6-15/h2-3,8-9,12H,4-7H2,1H3. The molecule has 0 radical (unpaired) electrons. The van der Waals surface area contributed by atoms with Crippen molar-refractivity contribution in [2.24, 2.45) is 0 Å². The van der Waals surface area contributed by atoms with E-state index in [9.17, 15) is 0 Å². The molecule has 0 saturated carbocycles. The van der Waals surface area contributed by atoms with Crippen molar-refractivity contribution in [2.75, 3.05) is 12.5 Å². The van der Waals surface area contributed by atoms with Crippen molar-refractivity contribution in [1.29, 1.82) is 0 Å². The van der Waals surface area contributed by atoms with Crippen LogP contribution in [0.25, 0.3) is 11.0 Å². The van der Waals surface area contributed by atoms with E-state index in [0.717, 1.165) is 36.3 Å². The number of rotatable bonds is 3. The number of halogens is 2. The van der Waals surface area contributed by atoms with E-state index >= 15 is 0 Å². The van der Waals surface area contributed by atoms with Gasteiger partial charge in [0.05, 0.1) is 23.2 Å². The molecule has 5 heteroatoms. The van der Waals surface area contributed by atoms with Crippen LogP contribution in [0.5, 0.6) is 0 Å². The van der Waals surface area contributed by atoms with Gasteiger partial charge >= 0.3 is 0 Å². The Balaban J connectivity index is 2.16. The lowest BCUT2D eigenvalue weighted by atomic mass is 10.1. The van der Waals surface area contributed by atoms with Gasteiger partial charge in [-0.05, 0) is 31.5 Å². The van der Waals surface area contributed by atoms with E-state index in [1.807, 2.05) is 18.2 Å². The average molecular weight is 299 g/mol. The SMILES string of the molecule is CC1OCCC1n1c(CCCl)nc2cc(Cl)ccc21. The molecular weight excluding hydrogens is 283 g/mol. The van der Waals surface area contributed by atoms with E-state index in [0.29, 0.717) is 16.9 Å². The van der Waals surface area contributed by atoms with Crippen LogP contribution in [0, 0.1) is 0 Å². The molecule has 2 heterocycles. The molecule has 0 bridgehead atoms. The van der Waals surface area contributed by atoms with Gasteiger partial charge in [-0.2, -0.15) is 0 Å². The fourth-order valence-electron chi connectivity index (χ4n) is 2.81. The van der Waals surface area contributed by atoms with Crippen molar-refractivity contribution in [2.45, 2.75) is 31.9 Å². The zero-order valence-electron chi connectivity index (χ0n) is 10.8. The van der Waals surface area contributed by atoms with E-state index in [2.05, 4.69) is 16.5 Å². The number of hydrogen-bond acceptors (Lipinski definition) is 2. The smallest absolute Gasteiger partial charge is 0.111 e. The lowest BCUT2D eigenvalue weighted by Crippen LogP contribution is -2.19. The minimum Gasteiger partial charge on any atom is -0.376 e. The predicted octanol–water partition coefficient (Wildman–Crippen LogP) is 3.82. The third kappa shape index (κ3) is 2.35. The lowest BCUT2D eigenvalue weighted by Gasteiger charge is -2.19. The van der Waals surface area contributed by atoms with Crippen molar-refractivity contribution in [3.8, 4) is 0 Å². The van der Waals surface area contributed by atoms with E-state index in [1.54, 1.807) is 0 Å². The fraction of sp³-hybridized carbons (Fsp3) is 0.500. The molecular formula is C14H16Cl2N2O. The van der Waals surface area contributed by atoms with Crippen LogP contribution in [0.3, 0.4) is 0 Å². The second-order valence-corrected chi connectivity index (χ2v) is 5.72. The molecule has 19 heavy (non-hydrogen) atoms. The summed E-state index contributed by atoms with van der Waals surface area (Å²) in [6, 6.07) is 6.19. The van der Waals surface area contributed by atoms with Crippen molar-refractivity contribution < 1.29 is 4.74 Å². The second-order valence-electron chi connectivity index (χ2n) is 4.90. The number of hydrogen-bond donors (Lipinski definition) is 0. The van der Waals surface area contributed by atoms with Crippen LogP contribution in [-0.4, -0.2) is 28.1 Å². The lowest BCUT2D eigenvalue weighted by molar-refractivity contribution is 0.108. The number of nitrogens with zero attached hydrogens (tertiary/aromatic N) is 2. The fourth-order valence-corrected chi connectivity index (χ4v) is 3.15. The molecule has 0 aliphatic carbocycles. The van der Waals surface area contributed by atoms with Crippen LogP contribution in [0.2, 0.25) is 5.02 Å². The van der Waals surface area contributed by atoms with Crippen LogP contribution in [0.4, 0.5) is 0 Å². The summed E-state index contributed by atoms with van der Waals surface area (Å²) < 4.78 is 7.97. The molecule has 0 amide bonds. The summed E-state index contributed by atoms with van der Waals surface area (Å²) in [5.74, 6) is 1.59. The maximum absolute atomic E-state index is 6.05. The zero-order valence-corrected chi connectivity index (χ0v) is 12.3. The first-order valence-electron chi connectivity index (χ1n) is 6.54. The van der Waals surface area contributed by atoms with Crippen LogP contribution in [0.1, 0.15) is 25.2 Å². The maximum Gasteiger partial charge on any atom is 0.111 e. The van der Waals surface area contributed by atoms with E-state index < -0.39 is 0 Å². The van der Waals surface area contributed by atoms with Crippen LogP contribution >= 0.6 is 23.2 Å². The molecule has 1 fully saturated rings. The molecule has 3 nitrogen and oxygen atoms in total. The van der Waals surface area contributed by atoms with E-state index in [1.165, 1.54) is 0 Å². The van der Waals surface area contributed by atoms with Crippen molar-refractivity contribution in [3.63, 3.8) is 0 Å². The van der Waals surface area contributed by atoms with Crippen molar-refractivity contribution >= 4 is 34.2 Å². The highest BCUT2D eigenvalue weighted by atomic mass is 35.5. The Hall–Kier alpha value is -0.770. The topological polar surface area (TPSA) is 27.1 Å². The van der Waals surface area contributed by atoms with Gasteiger partial charge in [0.1, 0.15) is 5.82 Å². The number of ether oxygens (including phenoxy) is 1. The normalized spacial score (nSPS) is 23.3. The molecule has 1 aromatic heterocycles. The molecule has 0 spiro atoms. The summed E-state index contributed by atoms with van der Waals surface area (Å²) in [5.41, 5.74) is 2.05. The Morgan fingerprint density at radius 3 is 3.00 bits per heavy atom. The number of aromatic nitrogens is 2. The molecule has 2 aromatic rings. The highest BCUT2D eigenvalue weighted by Gasteiger charge is 2.29. The molecule has 2 unspecified atom stereocenters. The number of alkyl halides is 1. The molecule has 1 aliphatic heterocycles. The van der Waals surface area contributed by atoms with Gasteiger partial charge in [0.15, 0.2) is 0 Å². The molecule has 1 aromatic carbocycles. The quantitative estimate of drug-likeness (QED) is 0.806. The van der Waals surface area contributed by atoms with Crippen molar-refractivity contribution in [1.82, 2.24) is 9.55 Å². The number of benzene rings is 1. The molecule has 1 aliphatic rings. The van der Waals surface area contributed by atoms with Gasteiger partial charge in [-0.3, -0.25) is 0 Å². The van der Waals surface area contributed by atoms with Gasteiger partial charge in [0, 0.05) is 23.9 Å². The first-order chi connectivity index (χ1) is 9.20. The van der Waals surface area contributed by atoms with Gasteiger partial charge in [0.2, 0.25) is 0 Å². The predicted molar refractivity (Wildman–Crippen MR) is 78.2 cm³/mol. The summed E-state index contributed by atoms with van der Waals surface area (Å²) >= 11 is 11.9. The summed E-state index contributed by atoms with van der Waals surface area (Å²) in [5, 5.41) is 0.713. The Morgan fingerprint density at radius 1 is 1.47 bits per heavy atom. The zero-order chi connectivity index (χ0) is 13.4. The monoisotopic (exact) mass is 298 g/mol. The third-order valence-electron chi connectivity index (χ3n) is 3.71. The molecule has 1 saturated heterocycles. The van der Waals surface area contributed by atoms with Gasteiger partial charge in [0.25, 0.3) is 0 Å². The van der Waals surface area contributed by atoms with Crippen molar-refractivity contribution in [3.05, 3.63) is 29.0 Å². The Labute approximate surface area is 122 Å². The van der Waals surface area contributed by atoms with Crippen LogP contribution in [0.15, 0.2) is 18.2 Å². The van der Waals surface area contributed by atoms with Gasteiger partial charge < -0.3 is 9.30 Å². The second kappa shape index (κ2) is 5.31. The highest BCUT2D eigenvalue weighted by molar-refractivity contribution is 6.31. The van der Waals surface area contributed by atoms with Gasteiger partial charge in [-0.1, -0.05) is 11.6 Å². The first kappa shape index (κ1) is 13.2. The summed E-state index contributed by atoms with van der Waals surface area (Å²) in [6.45, 7) is 2.92. The van der Waals surface area contributed by atoms with Crippen LogP contribution < -0.4 is 0 Å². The molecule has 102 valence electrons. The minimum absolute atomic E-state index is 0.210. The van der Waals surface area contributed by atoms with Gasteiger partial charge in [-0.15, -0.1) is 11.6 Å². The third-order valence-corrected chi connectivity index (χ3v) is 4.13. The Morgan fingerprint density at radius 2 is 2.32 bits per heavy atom.